The number of hydrogen-bond donors (Lipinski definition) is 0. The van der Waals surface area contributed by atoms with Gasteiger partial charge in [-0.1, -0.05) is 42.5 Å². The number of nitrogens with zero attached hydrogens (tertiary/aromatic N) is 1. The number of aryl methyl sites for hydroxylation is 1. The summed E-state index contributed by atoms with van der Waals surface area (Å²) in [4.78, 5) is 11.5. The minimum absolute atomic E-state index is 0. The van der Waals surface area contributed by atoms with Crippen LogP contribution < -0.4 is 4.57 Å². The van der Waals surface area contributed by atoms with Gasteiger partial charge in [0.2, 0.25) is 11.2 Å². The molecular weight excluding hydrogens is 294 g/mol. The van der Waals surface area contributed by atoms with Crippen molar-refractivity contribution >= 4 is 41.2 Å². The SMILES string of the molecule is C[n+]1c(C(C=O)=Cc2ccccc2)ccc2ccccc21.Cl. The van der Waals surface area contributed by atoms with Gasteiger partial charge in [0.15, 0.2) is 6.29 Å². The highest BCUT2D eigenvalue weighted by Gasteiger charge is 2.15. The molecule has 3 rings (SSSR count). The predicted molar refractivity (Wildman–Crippen MR) is 92.7 cm³/mol. The van der Waals surface area contributed by atoms with Gasteiger partial charge < -0.3 is 0 Å². The third-order valence-electron chi connectivity index (χ3n) is 3.62. The monoisotopic (exact) mass is 310 g/mol. The summed E-state index contributed by atoms with van der Waals surface area (Å²) in [6.45, 7) is 0. The van der Waals surface area contributed by atoms with E-state index in [2.05, 4.69) is 16.7 Å². The molecule has 0 aliphatic rings. The number of pyridine rings is 1. The van der Waals surface area contributed by atoms with E-state index in [1.807, 2.05) is 67.7 Å². The first kappa shape index (κ1) is 15.9. The lowest BCUT2D eigenvalue weighted by atomic mass is 10.1. The third kappa shape index (κ3) is 3.07. The van der Waals surface area contributed by atoms with Crippen LogP contribution >= 0.6 is 12.4 Å². The number of allylic oxidation sites excluding steroid dienone is 1. The third-order valence-corrected chi connectivity index (χ3v) is 3.62. The van der Waals surface area contributed by atoms with E-state index in [1.165, 1.54) is 0 Å². The number of carbonyl (C=O) groups is 1. The second kappa shape index (κ2) is 7.01. The average molecular weight is 311 g/mol. The molecule has 0 spiro atoms. The maximum absolute atomic E-state index is 11.5. The second-order valence-electron chi connectivity index (χ2n) is 4.96. The molecule has 0 fully saturated rings. The van der Waals surface area contributed by atoms with E-state index in [-0.39, 0.29) is 12.4 Å². The molecule has 3 aromatic rings. The Kier molecular flexibility index (Phi) is 5.08. The van der Waals surface area contributed by atoms with Gasteiger partial charge in [-0.3, -0.25) is 4.79 Å². The number of para-hydroxylation sites is 1. The van der Waals surface area contributed by atoms with Gasteiger partial charge in [0, 0.05) is 17.5 Å². The van der Waals surface area contributed by atoms with E-state index in [1.54, 1.807) is 0 Å². The molecule has 0 saturated heterocycles. The molecular formula is C19H17ClNO+. The predicted octanol–water partition coefficient (Wildman–Crippen LogP) is 3.83. The Balaban J connectivity index is 0.00000176. The summed E-state index contributed by atoms with van der Waals surface area (Å²) in [5, 5.41) is 1.16. The van der Waals surface area contributed by atoms with Crippen molar-refractivity contribution in [1.82, 2.24) is 0 Å². The van der Waals surface area contributed by atoms with E-state index >= 15 is 0 Å². The number of carbonyl (C=O) groups excluding carboxylic acids is 1. The Labute approximate surface area is 136 Å². The summed E-state index contributed by atoms with van der Waals surface area (Å²) >= 11 is 0. The smallest absolute Gasteiger partial charge is 0.216 e. The van der Waals surface area contributed by atoms with Gasteiger partial charge in [0.1, 0.15) is 7.05 Å². The van der Waals surface area contributed by atoms with E-state index in [0.717, 1.165) is 28.4 Å². The van der Waals surface area contributed by atoms with Crippen molar-refractivity contribution in [2.75, 3.05) is 0 Å². The molecule has 0 aliphatic carbocycles. The van der Waals surface area contributed by atoms with Crippen LogP contribution in [0.5, 0.6) is 0 Å². The molecule has 0 bridgehead atoms. The fourth-order valence-corrected chi connectivity index (χ4v) is 2.53. The Bertz CT molecular complexity index is 825. The van der Waals surface area contributed by atoms with Crippen LogP contribution in [-0.4, -0.2) is 6.29 Å². The van der Waals surface area contributed by atoms with Gasteiger partial charge in [-0.25, -0.2) is 0 Å². The minimum atomic E-state index is 0. The quantitative estimate of drug-likeness (QED) is 0.409. The number of rotatable bonds is 3. The highest BCUT2D eigenvalue weighted by atomic mass is 35.5. The lowest BCUT2D eigenvalue weighted by Crippen LogP contribution is -2.34. The van der Waals surface area contributed by atoms with E-state index in [4.69, 9.17) is 0 Å². The zero-order valence-corrected chi connectivity index (χ0v) is 13.1. The van der Waals surface area contributed by atoms with Crippen molar-refractivity contribution in [2.24, 2.45) is 7.05 Å². The second-order valence-corrected chi connectivity index (χ2v) is 4.96. The van der Waals surface area contributed by atoms with Crippen LogP contribution in [0.2, 0.25) is 0 Å². The highest BCUT2D eigenvalue weighted by Crippen LogP contribution is 2.17. The van der Waals surface area contributed by atoms with Crippen LogP contribution in [0.1, 0.15) is 11.3 Å². The molecule has 0 unspecified atom stereocenters. The Morgan fingerprint density at radius 3 is 2.32 bits per heavy atom. The van der Waals surface area contributed by atoms with Crippen molar-refractivity contribution in [1.29, 1.82) is 0 Å². The summed E-state index contributed by atoms with van der Waals surface area (Å²) in [6, 6.07) is 22.1. The number of aldehydes is 1. The zero-order valence-electron chi connectivity index (χ0n) is 12.3. The fraction of sp³-hybridized carbons (Fsp3) is 0.0526. The molecule has 0 radical (unpaired) electrons. The lowest BCUT2D eigenvalue weighted by Gasteiger charge is -2.03. The largest absolute Gasteiger partial charge is 0.298 e. The first-order chi connectivity index (χ1) is 10.3. The van der Waals surface area contributed by atoms with Gasteiger partial charge in [-0.05, 0) is 23.8 Å². The maximum Gasteiger partial charge on any atom is 0.216 e. The molecule has 1 aromatic heterocycles. The molecule has 2 nitrogen and oxygen atoms in total. The number of halogens is 1. The summed E-state index contributed by atoms with van der Waals surface area (Å²) in [5.41, 5.74) is 3.71. The zero-order chi connectivity index (χ0) is 14.7. The van der Waals surface area contributed by atoms with Crippen LogP contribution in [0, 0.1) is 0 Å². The average Bonchev–Trinajstić information content (AvgIpc) is 2.55. The highest BCUT2D eigenvalue weighted by molar-refractivity contribution is 6.12. The van der Waals surface area contributed by atoms with E-state index in [0.29, 0.717) is 5.57 Å². The standard InChI is InChI=1S/C19H16NO.ClH/c1-20-18-10-6-5-9-16(18)11-12-19(20)17(14-21)13-15-7-3-2-4-8-15;/h2-14H,1H3;1H/q+1;. The number of aromatic nitrogens is 1. The Hall–Kier alpha value is -2.45. The van der Waals surface area contributed by atoms with Gasteiger partial charge in [-0.15, -0.1) is 12.4 Å². The molecule has 0 aliphatic heterocycles. The number of hydrogen-bond acceptors (Lipinski definition) is 1. The Morgan fingerprint density at radius 2 is 1.59 bits per heavy atom. The summed E-state index contributed by atoms with van der Waals surface area (Å²) in [5.74, 6) is 0. The molecule has 2 aromatic carbocycles. The van der Waals surface area contributed by atoms with Crippen LogP contribution in [-0.2, 0) is 11.8 Å². The van der Waals surface area contributed by atoms with Crippen LogP contribution in [0.25, 0.3) is 22.6 Å². The number of benzene rings is 2. The molecule has 0 N–H and O–H groups in total. The molecule has 22 heavy (non-hydrogen) atoms. The minimum Gasteiger partial charge on any atom is -0.298 e. The fourth-order valence-electron chi connectivity index (χ4n) is 2.53. The van der Waals surface area contributed by atoms with Crippen molar-refractivity contribution in [3.63, 3.8) is 0 Å². The molecule has 0 amide bonds. The topological polar surface area (TPSA) is 20.9 Å². The maximum atomic E-state index is 11.5. The van der Waals surface area contributed by atoms with Crippen LogP contribution in [0.4, 0.5) is 0 Å². The lowest BCUT2D eigenvalue weighted by molar-refractivity contribution is -0.647. The van der Waals surface area contributed by atoms with Gasteiger partial charge in [0.05, 0.1) is 5.57 Å². The molecule has 3 heteroatoms. The summed E-state index contributed by atoms with van der Waals surface area (Å²) < 4.78 is 2.05. The van der Waals surface area contributed by atoms with Gasteiger partial charge in [0.25, 0.3) is 0 Å². The first-order valence-corrected chi connectivity index (χ1v) is 6.89. The first-order valence-electron chi connectivity index (χ1n) is 6.89. The van der Waals surface area contributed by atoms with E-state index < -0.39 is 0 Å². The van der Waals surface area contributed by atoms with Crippen molar-refractivity contribution < 1.29 is 9.36 Å². The van der Waals surface area contributed by atoms with Crippen LogP contribution in [0.15, 0.2) is 66.7 Å². The normalized spacial score (nSPS) is 11.0. The summed E-state index contributed by atoms with van der Waals surface area (Å²) in [7, 11) is 1.99. The Morgan fingerprint density at radius 1 is 0.909 bits per heavy atom. The van der Waals surface area contributed by atoms with Gasteiger partial charge >= 0.3 is 0 Å². The van der Waals surface area contributed by atoms with Crippen LogP contribution in [0.3, 0.4) is 0 Å². The molecule has 110 valence electrons. The van der Waals surface area contributed by atoms with Crippen molar-refractivity contribution in [3.05, 3.63) is 78.0 Å². The molecule has 0 saturated carbocycles. The van der Waals surface area contributed by atoms with Crippen molar-refractivity contribution in [3.8, 4) is 0 Å². The molecule has 1 heterocycles. The van der Waals surface area contributed by atoms with Crippen molar-refractivity contribution in [2.45, 2.75) is 0 Å². The van der Waals surface area contributed by atoms with E-state index in [9.17, 15) is 4.79 Å². The summed E-state index contributed by atoms with van der Waals surface area (Å²) in [6.07, 6.45) is 2.83. The number of fused-ring (bicyclic) bond motifs is 1. The molecule has 0 atom stereocenters. The van der Waals surface area contributed by atoms with Gasteiger partial charge in [-0.2, -0.15) is 4.57 Å².